The highest BCUT2D eigenvalue weighted by atomic mass is 35.5. The second-order valence-electron chi connectivity index (χ2n) is 4.46. The second kappa shape index (κ2) is 5.02. The fraction of sp³-hybridized carbons (Fsp3) is 0.333. The Labute approximate surface area is 111 Å². The molecule has 1 aromatic carbocycles. The minimum Gasteiger partial charge on any atom is -0.391 e. The van der Waals surface area contributed by atoms with Gasteiger partial charge in [0.1, 0.15) is 0 Å². The molecule has 3 nitrogen and oxygen atoms in total. The molecule has 1 rings (SSSR count). The SMILES string of the molecule is Cc1cc(Cl)cc(C(=O)NC(C)(C)C(N)=S)c1. The molecule has 0 radical (unpaired) electrons. The number of carbonyl (C=O) groups is 1. The van der Waals surface area contributed by atoms with E-state index in [-0.39, 0.29) is 10.9 Å². The van der Waals surface area contributed by atoms with Crippen molar-refractivity contribution in [2.24, 2.45) is 5.73 Å². The Bertz CT molecular complexity index is 451. The van der Waals surface area contributed by atoms with E-state index in [9.17, 15) is 4.79 Å². The van der Waals surface area contributed by atoms with Gasteiger partial charge in [-0.15, -0.1) is 0 Å². The van der Waals surface area contributed by atoms with E-state index >= 15 is 0 Å². The molecule has 0 spiro atoms. The summed E-state index contributed by atoms with van der Waals surface area (Å²) in [5.41, 5.74) is 6.25. The Morgan fingerprint density at radius 1 is 1.41 bits per heavy atom. The third-order valence-electron chi connectivity index (χ3n) is 2.35. The standard InChI is InChI=1S/C12H15ClN2OS/c1-7-4-8(6-9(13)5-7)10(16)15-12(2,3)11(14)17/h4-6H,1-3H3,(H2,14,17)(H,15,16). The van der Waals surface area contributed by atoms with Crippen LogP contribution >= 0.6 is 23.8 Å². The summed E-state index contributed by atoms with van der Waals surface area (Å²) in [7, 11) is 0. The first-order valence-electron chi connectivity index (χ1n) is 5.12. The average Bonchev–Trinajstić information content (AvgIpc) is 2.15. The van der Waals surface area contributed by atoms with Crippen LogP contribution in [0.15, 0.2) is 18.2 Å². The number of thiocarbonyl (C=S) groups is 1. The third kappa shape index (κ3) is 3.68. The molecule has 0 fully saturated rings. The fourth-order valence-electron chi connectivity index (χ4n) is 1.29. The van der Waals surface area contributed by atoms with Gasteiger partial charge in [0.25, 0.3) is 5.91 Å². The van der Waals surface area contributed by atoms with Gasteiger partial charge in [0.05, 0.1) is 10.5 Å². The smallest absolute Gasteiger partial charge is 0.252 e. The molecule has 0 aliphatic carbocycles. The summed E-state index contributed by atoms with van der Waals surface area (Å²) in [4.78, 5) is 12.2. The molecule has 0 aliphatic heterocycles. The summed E-state index contributed by atoms with van der Waals surface area (Å²) in [5, 5.41) is 3.29. The summed E-state index contributed by atoms with van der Waals surface area (Å²) in [6.45, 7) is 5.39. The number of halogens is 1. The Balaban J connectivity index is 2.94. The van der Waals surface area contributed by atoms with Crippen molar-refractivity contribution in [2.45, 2.75) is 26.3 Å². The first-order valence-corrected chi connectivity index (χ1v) is 5.90. The predicted molar refractivity (Wildman–Crippen MR) is 74.5 cm³/mol. The molecule has 1 aromatic rings. The number of hydrogen-bond donors (Lipinski definition) is 2. The highest BCUT2D eigenvalue weighted by Gasteiger charge is 2.24. The lowest BCUT2D eigenvalue weighted by atomic mass is 10.0. The van der Waals surface area contributed by atoms with Crippen molar-refractivity contribution in [3.05, 3.63) is 34.3 Å². The zero-order valence-electron chi connectivity index (χ0n) is 10.0. The van der Waals surface area contributed by atoms with Crippen molar-refractivity contribution in [1.82, 2.24) is 5.32 Å². The Morgan fingerprint density at radius 2 is 2.00 bits per heavy atom. The van der Waals surface area contributed by atoms with Crippen molar-refractivity contribution in [3.8, 4) is 0 Å². The van der Waals surface area contributed by atoms with Gasteiger partial charge >= 0.3 is 0 Å². The Hall–Kier alpha value is -1.13. The van der Waals surface area contributed by atoms with Crippen molar-refractivity contribution < 1.29 is 4.79 Å². The van der Waals surface area contributed by atoms with E-state index in [4.69, 9.17) is 29.6 Å². The number of benzene rings is 1. The van der Waals surface area contributed by atoms with Crippen LogP contribution in [0.5, 0.6) is 0 Å². The number of rotatable bonds is 3. The first-order chi connectivity index (χ1) is 7.72. The average molecular weight is 271 g/mol. The highest BCUT2D eigenvalue weighted by molar-refractivity contribution is 7.80. The molecule has 0 heterocycles. The summed E-state index contributed by atoms with van der Waals surface area (Å²) < 4.78 is 0. The van der Waals surface area contributed by atoms with Crippen LogP contribution in [0.4, 0.5) is 0 Å². The van der Waals surface area contributed by atoms with Crippen molar-refractivity contribution in [2.75, 3.05) is 0 Å². The van der Waals surface area contributed by atoms with Crippen LogP contribution in [0.1, 0.15) is 29.8 Å². The van der Waals surface area contributed by atoms with Crippen LogP contribution in [0.2, 0.25) is 5.02 Å². The monoisotopic (exact) mass is 270 g/mol. The van der Waals surface area contributed by atoms with Gasteiger partial charge in [-0.05, 0) is 44.5 Å². The van der Waals surface area contributed by atoms with Gasteiger partial charge in [0, 0.05) is 10.6 Å². The molecule has 0 saturated carbocycles. The van der Waals surface area contributed by atoms with E-state index < -0.39 is 5.54 Å². The van der Waals surface area contributed by atoms with Crippen molar-refractivity contribution in [3.63, 3.8) is 0 Å². The molecule has 0 saturated heterocycles. The topological polar surface area (TPSA) is 55.1 Å². The molecule has 5 heteroatoms. The van der Waals surface area contributed by atoms with Gasteiger partial charge in [0.2, 0.25) is 0 Å². The molecule has 92 valence electrons. The van der Waals surface area contributed by atoms with E-state index in [1.54, 1.807) is 32.0 Å². The van der Waals surface area contributed by atoms with E-state index in [0.717, 1.165) is 5.56 Å². The molecular weight excluding hydrogens is 256 g/mol. The molecule has 17 heavy (non-hydrogen) atoms. The molecule has 0 unspecified atom stereocenters. The number of nitrogens with one attached hydrogen (secondary N) is 1. The normalized spacial score (nSPS) is 11.1. The van der Waals surface area contributed by atoms with Crippen LogP contribution in [0.3, 0.4) is 0 Å². The lowest BCUT2D eigenvalue weighted by Gasteiger charge is -2.24. The number of hydrogen-bond acceptors (Lipinski definition) is 2. The number of aryl methyl sites for hydroxylation is 1. The summed E-state index contributed by atoms with van der Waals surface area (Å²) in [6, 6.07) is 5.16. The minimum atomic E-state index is -0.720. The lowest BCUT2D eigenvalue weighted by molar-refractivity contribution is 0.0932. The second-order valence-corrected chi connectivity index (χ2v) is 5.34. The Morgan fingerprint density at radius 3 is 2.47 bits per heavy atom. The zero-order chi connectivity index (χ0) is 13.2. The van der Waals surface area contributed by atoms with Crippen LogP contribution in [0.25, 0.3) is 0 Å². The zero-order valence-corrected chi connectivity index (χ0v) is 11.6. The summed E-state index contributed by atoms with van der Waals surface area (Å²) >= 11 is 10.8. The van der Waals surface area contributed by atoms with Crippen molar-refractivity contribution in [1.29, 1.82) is 0 Å². The third-order valence-corrected chi connectivity index (χ3v) is 3.07. The van der Waals surface area contributed by atoms with E-state index in [2.05, 4.69) is 5.32 Å². The van der Waals surface area contributed by atoms with Gasteiger partial charge in [-0.3, -0.25) is 4.79 Å². The van der Waals surface area contributed by atoms with E-state index in [1.165, 1.54) is 0 Å². The number of nitrogens with two attached hydrogens (primary N) is 1. The highest BCUT2D eigenvalue weighted by Crippen LogP contribution is 2.15. The van der Waals surface area contributed by atoms with Crippen molar-refractivity contribution >= 4 is 34.7 Å². The lowest BCUT2D eigenvalue weighted by Crippen LogP contribution is -2.52. The van der Waals surface area contributed by atoms with Crippen LogP contribution in [-0.4, -0.2) is 16.4 Å². The van der Waals surface area contributed by atoms with Gasteiger partial charge in [0.15, 0.2) is 0 Å². The maximum Gasteiger partial charge on any atom is 0.252 e. The largest absolute Gasteiger partial charge is 0.391 e. The molecular formula is C12H15ClN2OS. The van der Waals surface area contributed by atoms with Gasteiger partial charge < -0.3 is 11.1 Å². The van der Waals surface area contributed by atoms with Crippen LogP contribution in [-0.2, 0) is 0 Å². The van der Waals surface area contributed by atoms with E-state index in [0.29, 0.717) is 10.6 Å². The first kappa shape index (κ1) is 13.9. The summed E-state index contributed by atoms with van der Waals surface area (Å²) in [6.07, 6.45) is 0. The van der Waals surface area contributed by atoms with Gasteiger partial charge in [-0.2, -0.15) is 0 Å². The molecule has 1 amide bonds. The molecule has 0 bridgehead atoms. The summed E-state index contributed by atoms with van der Waals surface area (Å²) in [5.74, 6) is -0.242. The number of amides is 1. The molecule has 0 aromatic heterocycles. The van der Waals surface area contributed by atoms with Crippen LogP contribution in [0, 0.1) is 6.92 Å². The fourth-order valence-corrected chi connectivity index (χ4v) is 1.63. The Kier molecular flexibility index (Phi) is 4.11. The number of carbonyl (C=O) groups excluding carboxylic acids is 1. The maximum atomic E-state index is 12.0. The minimum absolute atomic E-state index is 0.240. The molecule has 0 aliphatic rings. The molecule has 3 N–H and O–H groups in total. The van der Waals surface area contributed by atoms with Gasteiger partial charge in [-0.25, -0.2) is 0 Å². The predicted octanol–water partition coefficient (Wildman–Crippen LogP) is 2.44. The van der Waals surface area contributed by atoms with Gasteiger partial charge in [-0.1, -0.05) is 23.8 Å². The molecule has 0 atom stereocenters. The van der Waals surface area contributed by atoms with E-state index in [1.807, 2.05) is 6.92 Å². The quantitative estimate of drug-likeness (QED) is 0.830. The van der Waals surface area contributed by atoms with Crippen LogP contribution < -0.4 is 11.1 Å². The maximum absolute atomic E-state index is 12.0.